The summed E-state index contributed by atoms with van der Waals surface area (Å²) < 4.78 is 5.98. The predicted molar refractivity (Wildman–Crippen MR) is 127 cm³/mol. The first-order valence-electron chi connectivity index (χ1n) is 11.4. The number of rotatable bonds is 6. The normalized spacial score (nSPS) is 21.5. The maximum absolute atomic E-state index is 12.7. The number of aryl methyl sites for hydroxylation is 1. The summed E-state index contributed by atoms with van der Waals surface area (Å²) in [7, 11) is 0. The van der Waals surface area contributed by atoms with E-state index in [2.05, 4.69) is 20.9 Å². The highest BCUT2D eigenvalue weighted by molar-refractivity contribution is 6.07. The summed E-state index contributed by atoms with van der Waals surface area (Å²) in [5.74, 6) is -0.0454. The Labute approximate surface area is 197 Å². The molecule has 174 valence electrons. The highest BCUT2D eigenvalue weighted by Gasteiger charge is 2.54. The number of nitrogens with one attached hydrogen (secondary N) is 3. The van der Waals surface area contributed by atoms with E-state index in [0.717, 1.165) is 35.0 Å². The zero-order chi connectivity index (χ0) is 23.7. The minimum atomic E-state index is -0.957. The van der Waals surface area contributed by atoms with E-state index in [9.17, 15) is 14.4 Å². The van der Waals surface area contributed by atoms with E-state index in [4.69, 9.17) is 4.74 Å². The van der Waals surface area contributed by atoms with Gasteiger partial charge in [0.2, 0.25) is 5.91 Å². The van der Waals surface area contributed by atoms with Crippen molar-refractivity contribution in [2.24, 2.45) is 5.92 Å². The number of carbonyl (C=O) groups is 3. The van der Waals surface area contributed by atoms with Crippen molar-refractivity contribution in [3.8, 4) is 5.75 Å². The summed E-state index contributed by atoms with van der Waals surface area (Å²) in [6.07, 6.45) is 2.24. The van der Waals surface area contributed by atoms with Gasteiger partial charge in [0.1, 0.15) is 17.9 Å². The zero-order valence-corrected chi connectivity index (χ0v) is 18.9. The first kappa shape index (κ1) is 21.9. The van der Waals surface area contributed by atoms with E-state index < -0.39 is 11.6 Å². The number of para-hydroxylation sites is 1. The van der Waals surface area contributed by atoms with Gasteiger partial charge in [-0.3, -0.25) is 19.9 Å². The van der Waals surface area contributed by atoms with Crippen molar-refractivity contribution in [2.45, 2.75) is 44.8 Å². The number of pyridine rings is 1. The Morgan fingerprint density at radius 2 is 1.97 bits per heavy atom. The van der Waals surface area contributed by atoms with Crippen molar-refractivity contribution in [1.29, 1.82) is 0 Å². The third kappa shape index (κ3) is 4.19. The third-order valence-corrected chi connectivity index (χ3v) is 6.68. The number of nitrogens with zero attached hydrogens (tertiary/aromatic N) is 1. The monoisotopic (exact) mass is 458 g/mol. The van der Waals surface area contributed by atoms with E-state index in [-0.39, 0.29) is 24.2 Å². The van der Waals surface area contributed by atoms with Crippen LogP contribution < -0.4 is 20.7 Å². The van der Waals surface area contributed by atoms with Gasteiger partial charge in [0.15, 0.2) is 0 Å². The van der Waals surface area contributed by atoms with E-state index in [1.165, 1.54) is 0 Å². The molecule has 2 heterocycles. The number of hydrogen-bond acceptors (Lipinski definition) is 5. The van der Waals surface area contributed by atoms with E-state index in [1.54, 1.807) is 12.1 Å². The maximum atomic E-state index is 12.7. The van der Waals surface area contributed by atoms with Crippen molar-refractivity contribution in [3.63, 3.8) is 0 Å². The van der Waals surface area contributed by atoms with Crippen molar-refractivity contribution < 1.29 is 19.1 Å². The number of urea groups is 1. The van der Waals surface area contributed by atoms with Crippen LogP contribution in [0, 0.1) is 12.8 Å². The van der Waals surface area contributed by atoms with Crippen LogP contribution in [-0.4, -0.2) is 28.4 Å². The molecule has 0 bridgehead atoms. The number of amides is 4. The van der Waals surface area contributed by atoms with Gasteiger partial charge in [-0.1, -0.05) is 24.6 Å². The van der Waals surface area contributed by atoms with Crippen LogP contribution in [0.3, 0.4) is 0 Å². The zero-order valence-electron chi connectivity index (χ0n) is 18.9. The number of benzene rings is 2. The summed E-state index contributed by atoms with van der Waals surface area (Å²) in [5, 5.41) is 9.01. The van der Waals surface area contributed by atoms with Gasteiger partial charge >= 0.3 is 6.03 Å². The molecule has 8 nitrogen and oxygen atoms in total. The van der Waals surface area contributed by atoms with E-state index in [1.807, 2.05) is 49.4 Å². The summed E-state index contributed by atoms with van der Waals surface area (Å²) in [4.78, 5) is 41.2. The van der Waals surface area contributed by atoms with Gasteiger partial charge in [0.05, 0.1) is 5.52 Å². The standard InChI is InChI=1S/C26H26N4O4/c1-16-13-17(21-6-2-3-7-22(21)27-16)15-34-20-10-8-19(9-11-20)28-23(31)14-18-5-4-12-26(18)24(32)29-25(33)30-26/h2-3,6-11,13,18H,4-5,12,14-15H2,1H3,(H,28,31)(H2,29,30,32,33)/t18-,26-/m1/s1. The van der Waals surface area contributed by atoms with Gasteiger partial charge in [0.25, 0.3) is 5.91 Å². The number of imide groups is 1. The second kappa shape index (κ2) is 8.78. The third-order valence-electron chi connectivity index (χ3n) is 6.68. The molecule has 1 saturated carbocycles. The van der Waals surface area contributed by atoms with E-state index in [0.29, 0.717) is 24.5 Å². The van der Waals surface area contributed by atoms with Crippen LogP contribution in [0.4, 0.5) is 10.5 Å². The Kier molecular flexibility index (Phi) is 5.65. The molecule has 0 radical (unpaired) electrons. The summed E-state index contributed by atoms with van der Waals surface area (Å²) in [5.41, 5.74) is 2.64. The van der Waals surface area contributed by atoms with Gasteiger partial charge in [0, 0.05) is 28.8 Å². The smallest absolute Gasteiger partial charge is 0.322 e. The molecule has 2 aliphatic rings. The first-order chi connectivity index (χ1) is 16.4. The van der Waals surface area contributed by atoms with Crippen molar-refractivity contribution >= 4 is 34.4 Å². The molecule has 2 fully saturated rings. The van der Waals surface area contributed by atoms with Crippen LogP contribution in [0.15, 0.2) is 54.6 Å². The van der Waals surface area contributed by atoms with E-state index >= 15 is 0 Å². The lowest BCUT2D eigenvalue weighted by molar-refractivity contribution is -0.126. The average Bonchev–Trinajstić information content (AvgIpc) is 3.34. The lowest BCUT2D eigenvalue weighted by atomic mass is 9.84. The Morgan fingerprint density at radius 3 is 2.74 bits per heavy atom. The van der Waals surface area contributed by atoms with Crippen LogP contribution in [0.1, 0.15) is 36.9 Å². The Hall–Kier alpha value is -3.94. The molecule has 0 unspecified atom stereocenters. The maximum Gasteiger partial charge on any atom is 0.322 e. The molecular weight excluding hydrogens is 432 g/mol. The fraction of sp³-hybridized carbons (Fsp3) is 0.308. The average molecular weight is 459 g/mol. The second-order valence-corrected chi connectivity index (χ2v) is 8.97. The molecule has 3 aromatic rings. The molecule has 1 aliphatic carbocycles. The quantitative estimate of drug-likeness (QED) is 0.487. The fourth-order valence-corrected chi connectivity index (χ4v) is 5.07. The molecule has 4 amide bonds. The molecule has 5 rings (SSSR count). The van der Waals surface area contributed by atoms with Crippen LogP contribution in [0.5, 0.6) is 5.75 Å². The SMILES string of the molecule is Cc1cc(COc2ccc(NC(=O)C[C@H]3CCC[C@@]34NC(=O)NC4=O)cc2)c2ccccc2n1. The molecular formula is C26H26N4O4. The van der Waals surface area contributed by atoms with Crippen LogP contribution in [0.25, 0.3) is 10.9 Å². The van der Waals surface area contributed by atoms with Crippen molar-refractivity contribution in [2.75, 3.05) is 5.32 Å². The number of aromatic nitrogens is 1. The topological polar surface area (TPSA) is 109 Å². The number of carbonyl (C=O) groups excluding carboxylic acids is 3. The van der Waals surface area contributed by atoms with Crippen LogP contribution in [-0.2, 0) is 16.2 Å². The lowest BCUT2D eigenvalue weighted by Crippen LogP contribution is -2.50. The molecule has 2 atom stereocenters. The Balaban J connectivity index is 1.19. The summed E-state index contributed by atoms with van der Waals surface area (Å²) in [6.45, 7) is 2.38. The molecule has 1 aromatic heterocycles. The van der Waals surface area contributed by atoms with Crippen LogP contribution in [0.2, 0.25) is 0 Å². The summed E-state index contributed by atoms with van der Waals surface area (Å²) in [6, 6.07) is 16.7. The van der Waals surface area contributed by atoms with Gasteiger partial charge in [-0.15, -0.1) is 0 Å². The van der Waals surface area contributed by atoms with Gasteiger partial charge in [-0.05, 0) is 62.1 Å². The van der Waals surface area contributed by atoms with Gasteiger partial charge in [-0.2, -0.15) is 0 Å². The molecule has 2 aromatic carbocycles. The predicted octanol–water partition coefficient (Wildman–Crippen LogP) is 3.83. The first-order valence-corrected chi connectivity index (χ1v) is 11.4. The molecule has 1 saturated heterocycles. The minimum absolute atomic E-state index is 0.167. The van der Waals surface area contributed by atoms with Gasteiger partial charge in [-0.25, -0.2) is 4.79 Å². The number of hydrogen-bond donors (Lipinski definition) is 3. The summed E-state index contributed by atoms with van der Waals surface area (Å²) >= 11 is 0. The molecule has 34 heavy (non-hydrogen) atoms. The number of ether oxygens (including phenoxy) is 1. The van der Waals surface area contributed by atoms with Gasteiger partial charge < -0.3 is 15.4 Å². The molecule has 8 heteroatoms. The molecule has 1 spiro atoms. The number of anilines is 1. The highest BCUT2D eigenvalue weighted by Crippen LogP contribution is 2.40. The fourth-order valence-electron chi connectivity index (χ4n) is 5.07. The molecule has 3 N–H and O–H groups in total. The van der Waals surface area contributed by atoms with Crippen molar-refractivity contribution in [1.82, 2.24) is 15.6 Å². The second-order valence-electron chi connectivity index (χ2n) is 8.97. The lowest BCUT2D eigenvalue weighted by Gasteiger charge is -2.27. The highest BCUT2D eigenvalue weighted by atomic mass is 16.5. The minimum Gasteiger partial charge on any atom is -0.489 e. The molecule has 1 aliphatic heterocycles. The Bertz CT molecular complexity index is 1270. The van der Waals surface area contributed by atoms with Crippen molar-refractivity contribution in [3.05, 3.63) is 65.9 Å². The largest absolute Gasteiger partial charge is 0.489 e. The number of fused-ring (bicyclic) bond motifs is 1. The Morgan fingerprint density at radius 1 is 1.18 bits per heavy atom. The van der Waals surface area contributed by atoms with Crippen LogP contribution >= 0.6 is 0 Å².